The second-order valence-corrected chi connectivity index (χ2v) is 3.34. The highest BCUT2D eigenvalue weighted by Gasteiger charge is 2.14. The molecule has 0 aliphatic rings. The van der Waals surface area contributed by atoms with Crippen LogP contribution < -0.4 is 5.32 Å². The van der Waals surface area contributed by atoms with Crippen molar-refractivity contribution in [3.63, 3.8) is 0 Å². The molecule has 0 fully saturated rings. The van der Waals surface area contributed by atoms with Crippen molar-refractivity contribution in [3.8, 4) is 0 Å². The molecule has 0 radical (unpaired) electrons. The van der Waals surface area contributed by atoms with Crippen molar-refractivity contribution in [2.45, 2.75) is 26.8 Å². The zero-order valence-electron chi connectivity index (χ0n) is 8.91. The molecule has 0 aromatic rings. The normalized spacial score (nSPS) is 10.3. The molecule has 0 aromatic carbocycles. The zero-order chi connectivity index (χ0) is 11.1. The summed E-state index contributed by atoms with van der Waals surface area (Å²) in [6.45, 7) is 6.01. The smallest absolute Gasteiger partial charge is 0.323 e. The molecule has 0 spiro atoms. The highest BCUT2D eigenvalue weighted by atomic mass is 16.4. The number of carbonyl (C=O) groups excluding carboxylic acids is 1. The molecule has 14 heavy (non-hydrogen) atoms. The van der Waals surface area contributed by atoms with Gasteiger partial charge in [0.05, 0.1) is 6.54 Å². The van der Waals surface area contributed by atoms with E-state index in [1.54, 1.807) is 6.92 Å². The van der Waals surface area contributed by atoms with Crippen molar-refractivity contribution < 1.29 is 14.7 Å². The van der Waals surface area contributed by atoms with Crippen molar-refractivity contribution in [2.75, 3.05) is 19.6 Å². The van der Waals surface area contributed by atoms with Crippen LogP contribution in [0, 0.1) is 0 Å². The first kappa shape index (κ1) is 12.9. The van der Waals surface area contributed by atoms with Crippen LogP contribution in [0.4, 0.5) is 0 Å². The van der Waals surface area contributed by atoms with E-state index in [0.717, 1.165) is 0 Å². The van der Waals surface area contributed by atoms with Gasteiger partial charge in [-0.2, -0.15) is 0 Å². The molecule has 0 bridgehead atoms. The van der Waals surface area contributed by atoms with Gasteiger partial charge >= 0.3 is 5.97 Å². The van der Waals surface area contributed by atoms with E-state index in [1.807, 2.05) is 13.8 Å². The molecule has 5 heteroatoms. The molecule has 0 aliphatic carbocycles. The summed E-state index contributed by atoms with van der Waals surface area (Å²) >= 11 is 0. The SMILES string of the molecule is CCN(CC(=O)O)C(=O)CNC(C)C. The van der Waals surface area contributed by atoms with Crippen molar-refractivity contribution in [1.29, 1.82) is 0 Å². The topological polar surface area (TPSA) is 69.6 Å². The minimum absolute atomic E-state index is 0.177. The van der Waals surface area contributed by atoms with Crippen molar-refractivity contribution >= 4 is 11.9 Å². The van der Waals surface area contributed by atoms with E-state index < -0.39 is 5.97 Å². The van der Waals surface area contributed by atoms with Gasteiger partial charge in [-0.05, 0) is 6.92 Å². The minimum atomic E-state index is -0.982. The maximum atomic E-state index is 11.4. The molecule has 0 heterocycles. The maximum Gasteiger partial charge on any atom is 0.323 e. The molecule has 2 N–H and O–H groups in total. The Balaban J connectivity index is 3.98. The number of carboxylic acid groups (broad SMARTS) is 1. The number of hydrogen-bond acceptors (Lipinski definition) is 3. The highest BCUT2D eigenvalue weighted by molar-refractivity contribution is 5.82. The third-order valence-electron chi connectivity index (χ3n) is 1.72. The number of nitrogens with zero attached hydrogens (tertiary/aromatic N) is 1. The van der Waals surface area contributed by atoms with E-state index in [9.17, 15) is 9.59 Å². The molecular formula is C9H18N2O3. The average molecular weight is 202 g/mol. The Morgan fingerprint density at radius 3 is 2.36 bits per heavy atom. The Morgan fingerprint density at radius 1 is 1.43 bits per heavy atom. The largest absolute Gasteiger partial charge is 0.480 e. The number of amides is 1. The summed E-state index contributed by atoms with van der Waals surface area (Å²) < 4.78 is 0. The van der Waals surface area contributed by atoms with Gasteiger partial charge in [0.2, 0.25) is 5.91 Å². The Hall–Kier alpha value is -1.10. The van der Waals surface area contributed by atoms with Crippen LogP contribution in [0.1, 0.15) is 20.8 Å². The Bertz CT molecular complexity index is 204. The van der Waals surface area contributed by atoms with Gasteiger partial charge in [0.15, 0.2) is 0 Å². The van der Waals surface area contributed by atoms with Gasteiger partial charge in [-0.25, -0.2) is 0 Å². The monoisotopic (exact) mass is 202 g/mol. The summed E-state index contributed by atoms with van der Waals surface area (Å²) in [4.78, 5) is 23.1. The highest BCUT2D eigenvalue weighted by Crippen LogP contribution is 1.89. The van der Waals surface area contributed by atoms with Crippen LogP contribution in [0.15, 0.2) is 0 Å². The van der Waals surface area contributed by atoms with E-state index in [0.29, 0.717) is 6.54 Å². The predicted molar refractivity (Wildman–Crippen MR) is 53.0 cm³/mol. The molecule has 1 amide bonds. The number of rotatable bonds is 6. The fourth-order valence-corrected chi connectivity index (χ4v) is 0.943. The van der Waals surface area contributed by atoms with E-state index >= 15 is 0 Å². The van der Waals surface area contributed by atoms with Crippen LogP contribution in [0.3, 0.4) is 0 Å². The van der Waals surface area contributed by atoms with Crippen molar-refractivity contribution in [1.82, 2.24) is 10.2 Å². The number of hydrogen-bond donors (Lipinski definition) is 2. The molecule has 0 atom stereocenters. The minimum Gasteiger partial charge on any atom is -0.480 e. The Kier molecular flexibility index (Phi) is 5.87. The third kappa shape index (κ3) is 5.53. The number of aliphatic carboxylic acids is 1. The number of carboxylic acids is 1. The lowest BCUT2D eigenvalue weighted by Gasteiger charge is -2.19. The fourth-order valence-electron chi connectivity index (χ4n) is 0.943. The van der Waals surface area contributed by atoms with E-state index in [-0.39, 0.29) is 25.0 Å². The molecular weight excluding hydrogens is 184 g/mol. The third-order valence-corrected chi connectivity index (χ3v) is 1.72. The lowest BCUT2D eigenvalue weighted by atomic mass is 10.3. The summed E-state index contributed by atoms with van der Waals surface area (Å²) in [5.74, 6) is -1.16. The standard InChI is InChI=1S/C9H18N2O3/c1-4-11(6-9(13)14)8(12)5-10-7(2)3/h7,10H,4-6H2,1-3H3,(H,13,14). The second kappa shape index (κ2) is 6.37. The first-order valence-corrected chi connectivity index (χ1v) is 4.70. The van der Waals surface area contributed by atoms with Gasteiger partial charge in [-0.1, -0.05) is 13.8 Å². The van der Waals surface area contributed by atoms with Crippen LogP contribution in [0.25, 0.3) is 0 Å². The summed E-state index contributed by atoms with van der Waals surface area (Å²) in [5, 5.41) is 11.5. The molecule has 0 saturated carbocycles. The first-order chi connectivity index (χ1) is 6.47. The molecule has 0 saturated heterocycles. The number of nitrogens with one attached hydrogen (secondary N) is 1. The van der Waals surface area contributed by atoms with Gasteiger partial charge in [0, 0.05) is 12.6 Å². The number of carbonyl (C=O) groups is 2. The van der Waals surface area contributed by atoms with Crippen molar-refractivity contribution in [3.05, 3.63) is 0 Å². The van der Waals surface area contributed by atoms with Crippen molar-refractivity contribution in [2.24, 2.45) is 0 Å². The molecule has 0 aromatic heterocycles. The summed E-state index contributed by atoms with van der Waals surface area (Å²) in [6.07, 6.45) is 0. The van der Waals surface area contributed by atoms with E-state index in [2.05, 4.69) is 5.32 Å². The lowest BCUT2D eigenvalue weighted by Crippen LogP contribution is -2.42. The zero-order valence-corrected chi connectivity index (χ0v) is 8.91. The summed E-state index contributed by atoms with van der Waals surface area (Å²) in [6, 6.07) is 0.225. The fraction of sp³-hybridized carbons (Fsp3) is 0.778. The molecule has 5 nitrogen and oxygen atoms in total. The van der Waals surface area contributed by atoms with E-state index in [1.165, 1.54) is 4.90 Å². The van der Waals surface area contributed by atoms with Crippen LogP contribution in [-0.2, 0) is 9.59 Å². The Labute approximate surface area is 84.1 Å². The van der Waals surface area contributed by atoms with Crippen LogP contribution in [0.5, 0.6) is 0 Å². The first-order valence-electron chi connectivity index (χ1n) is 4.70. The average Bonchev–Trinajstić information content (AvgIpc) is 2.09. The molecule has 82 valence electrons. The molecule has 0 rings (SSSR count). The quantitative estimate of drug-likeness (QED) is 0.632. The summed E-state index contributed by atoms with van der Waals surface area (Å²) in [7, 11) is 0. The van der Waals surface area contributed by atoms with Gasteiger partial charge in [-0.3, -0.25) is 9.59 Å². The molecule has 0 aliphatic heterocycles. The van der Waals surface area contributed by atoms with Crippen LogP contribution in [0.2, 0.25) is 0 Å². The van der Waals surface area contributed by atoms with Crippen LogP contribution >= 0.6 is 0 Å². The Morgan fingerprint density at radius 2 is 2.00 bits per heavy atom. The predicted octanol–water partition coefficient (Wildman–Crippen LogP) is -0.0825. The van der Waals surface area contributed by atoms with Crippen LogP contribution in [-0.4, -0.2) is 47.6 Å². The lowest BCUT2D eigenvalue weighted by molar-refractivity contribution is -0.144. The molecule has 0 unspecified atom stereocenters. The van der Waals surface area contributed by atoms with Gasteiger partial charge in [0.25, 0.3) is 0 Å². The van der Waals surface area contributed by atoms with Gasteiger partial charge < -0.3 is 15.3 Å². The van der Waals surface area contributed by atoms with Gasteiger partial charge in [-0.15, -0.1) is 0 Å². The van der Waals surface area contributed by atoms with Gasteiger partial charge in [0.1, 0.15) is 6.54 Å². The number of likely N-dealkylation sites (N-methyl/N-ethyl adjacent to an activating group) is 1. The maximum absolute atomic E-state index is 11.4. The van der Waals surface area contributed by atoms with E-state index in [4.69, 9.17) is 5.11 Å². The summed E-state index contributed by atoms with van der Waals surface area (Å²) in [5.41, 5.74) is 0. The second-order valence-electron chi connectivity index (χ2n) is 3.34.